The van der Waals surface area contributed by atoms with Crippen LogP contribution in [0.4, 0.5) is 5.69 Å². The molecule has 2 nitrogen and oxygen atoms in total. The zero-order valence-corrected chi connectivity index (χ0v) is 8.22. The maximum Gasteiger partial charge on any atom is 0.109 e. The van der Waals surface area contributed by atoms with Crippen molar-refractivity contribution in [3.05, 3.63) is 22.4 Å². The minimum absolute atomic E-state index is 0.459. The van der Waals surface area contributed by atoms with Crippen molar-refractivity contribution < 1.29 is 0 Å². The highest BCUT2D eigenvalue weighted by Gasteiger charge is 2.04. The van der Waals surface area contributed by atoms with Crippen LogP contribution >= 0.6 is 15.9 Å². The second-order valence-electron chi connectivity index (χ2n) is 2.80. The molecule has 0 bridgehead atoms. The Labute approximate surface area is 75.0 Å². The van der Waals surface area contributed by atoms with E-state index in [9.17, 15) is 0 Å². The van der Waals surface area contributed by atoms with E-state index < -0.39 is 0 Å². The molecule has 2 N–H and O–H groups in total. The predicted octanol–water partition coefficient (Wildman–Crippen LogP) is 2.55. The molecule has 0 spiro atoms. The number of hydrogen-bond acceptors (Lipinski definition) is 2. The SMILES string of the molecule is CC(C)c1cc(N)cnc1Br. The molecule has 3 heteroatoms. The lowest BCUT2D eigenvalue weighted by Crippen LogP contribution is -1.94. The molecule has 1 aromatic rings. The first-order valence-electron chi connectivity index (χ1n) is 3.52. The van der Waals surface area contributed by atoms with Crippen LogP contribution in [0.3, 0.4) is 0 Å². The van der Waals surface area contributed by atoms with Crippen molar-refractivity contribution in [1.29, 1.82) is 0 Å². The maximum absolute atomic E-state index is 5.58. The Morgan fingerprint density at radius 2 is 2.18 bits per heavy atom. The van der Waals surface area contributed by atoms with Gasteiger partial charge in [-0.3, -0.25) is 0 Å². The van der Waals surface area contributed by atoms with Gasteiger partial charge in [0.25, 0.3) is 0 Å². The van der Waals surface area contributed by atoms with E-state index in [1.165, 1.54) is 0 Å². The van der Waals surface area contributed by atoms with Crippen molar-refractivity contribution in [2.24, 2.45) is 0 Å². The molecule has 60 valence electrons. The van der Waals surface area contributed by atoms with Gasteiger partial charge in [-0.1, -0.05) is 13.8 Å². The van der Waals surface area contributed by atoms with Crippen LogP contribution in [0.25, 0.3) is 0 Å². The lowest BCUT2D eigenvalue weighted by Gasteiger charge is -2.07. The summed E-state index contributed by atoms with van der Waals surface area (Å²) in [4.78, 5) is 4.09. The molecule has 0 aliphatic heterocycles. The van der Waals surface area contributed by atoms with Crippen molar-refractivity contribution in [3.63, 3.8) is 0 Å². The Bertz CT molecular complexity index is 258. The summed E-state index contributed by atoms with van der Waals surface area (Å²) in [5.74, 6) is 0.459. The second kappa shape index (κ2) is 3.22. The lowest BCUT2D eigenvalue weighted by molar-refractivity contribution is 0.850. The quantitative estimate of drug-likeness (QED) is 0.731. The van der Waals surface area contributed by atoms with E-state index in [-0.39, 0.29) is 0 Å². The number of halogens is 1. The molecule has 0 unspecified atom stereocenters. The molecule has 0 atom stereocenters. The fraction of sp³-hybridized carbons (Fsp3) is 0.375. The third kappa shape index (κ3) is 1.93. The third-order valence-electron chi connectivity index (χ3n) is 1.51. The van der Waals surface area contributed by atoms with Gasteiger partial charge in [-0.15, -0.1) is 0 Å². The molecule has 11 heavy (non-hydrogen) atoms. The molecule has 0 fully saturated rings. The van der Waals surface area contributed by atoms with E-state index in [4.69, 9.17) is 5.73 Å². The van der Waals surface area contributed by atoms with Crippen molar-refractivity contribution in [3.8, 4) is 0 Å². The highest BCUT2D eigenvalue weighted by atomic mass is 79.9. The van der Waals surface area contributed by atoms with Crippen LogP contribution in [0.5, 0.6) is 0 Å². The van der Waals surface area contributed by atoms with Gasteiger partial charge in [-0.25, -0.2) is 4.98 Å². The van der Waals surface area contributed by atoms with E-state index in [0.29, 0.717) is 5.92 Å². The smallest absolute Gasteiger partial charge is 0.109 e. The molecule has 0 aliphatic carbocycles. The van der Waals surface area contributed by atoms with Gasteiger partial charge in [0.1, 0.15) is 4.60 Å². The summed E-state index contributed by atoms with van der Waals surface area (Å²) in [6.45, 7) is 4.22. The first kappa shape index (κ1) is 8.53. The number of nitrogens with two attached hydrogens (primary N) is 1. The van der Waals surface area contributed by atoms with Crippen molar-refractivity contribution >= 4 is 21.6 Å². The molecule has 0 radical (unpaired) electrons. The first-order chi connectivity index (χ1) is 5.11. The highest BCUT2D eigenvalue weighted by Crippen LogP contribution is 2.23. The second-order valence-corrected chi connectivity index (χ2v) is 3.55. The van der Waals surface area contributed by atoms with Gasteiger partial charge >= 0.3 is 0 Å². The summed E-state index contributed by atoms with van der Waals surface area (Å²) >= 11 is 3.36. The van der Waals surface area contributed by atoms with E-state index >= 15 is 0 Å². The van der Waals surface area contributed by atoms with Crippen molar-refractivity contribution in [2.75, 3.05) is 5.73 Å². The monoisotopic (exact) mass is 214 g/mol. The zero-order chi connectivity index (χ0) is 8.43. The average molecular weight is 215 g/mol. The van der Waals surface area contributed by atoms with Crippen LogP contribution < -0.4 is 5.73 Å². The fourth-order valence-electron chi connectivity index (χ4n) is 0.887. The van der Waals surface area contributed by atoms with Crippen molar-refractivity contribution in [1.82, 2.24) is 4.98 Å². The van der Waals surface area contributed by atoms with E-state index in [2.05, 4.69) is 34.8 Å². The van der Waals surface area contributed by atoms with Gasteiger partial charge in [0.05, 0.1) is 11.9 Å². The van der Waals surface area contributed by atoms with Crippen LogP contribution in [0, 0.1) is 0 Å². The number of aromatic nitrogens is 1. The van der Waals surface area contributed by atoms with Gasteiger partial charge in [0.15, 0.2) is 0 Å². The molecule has 1 rings (SSSR count). The Balaban J connectivity index is 3.13. The van der Waals surface area contributed by atoms with Gasteiger partial charge in [-0.2, -0.15) is 0 Å². The summed E-state index contributed by atoms with van der Waals surface area (Å²) < 4.78 is 0.890. The third-order valence-corrected chi connectivity index (χ3v) is 2.17. The predicted molar refractivity (Wildman–Crippen MR) is 50.4 cm³/mol. The van der Waals surface area contributed by atoms with Gasteiger partial charge < -0.3 is 5.73 Å². The summed E-state index contributed by atoms with van der Waals surface area (Å²) in [5, 5.41) is 0. The first-order valence-corrected chi connectivity index (χ1v) is 4.31. The zero-order valence-electron chi connectivity index (χ0n) is 6.63. The highest BCUT2D eigenvalue weighted by molar-refractivity contribution is 9.10. The Morgan fingerprint density at radius 1 is 1.55 bits per heavy atom. The summed E-state index contributed by atoms with van der Waals surface area (Å²) in [6.07, 6.45) is 1.65. The molecule has 0 amide bonds. The number of pyridine rings is 1. The minimum Gasteiger partial charge on any atom is -0.397 e. The molecule has 0 saturated carbocycles. The minimum atomic E-state index is 0.459. The van der Waals surface area contributed by atoms with Gasteiger partial charge in [0, 0.05) is 0 Å². The van der Waals surface area contributed by atoms with E-state index in [1.807, 2.05) is 6.07 Å². The average Bonchev–Trinajstić information content (AvgIpc) is 1.94. The van der Waals surface area contributed by atoms with Crippen LogP contribution in [0.1, 0.15) is 25.3 Å². The number of rotatable bonds is 1. The molecular formula is C8H11BrN2. The normalized spacial score (nSPS) is 10.5. The van der Waals surface area contributed by atoms with E-state index in [1.54, 1.807) is 6.20 Å². The van der Waals surface area contributed by atoms with Gasteiger partial charge in [0.2, 0.25) is 0 Å². The van der Waals surface area contributed by atoms with Crippen LogP contribution in [0.15, 0.2) is 16.9 Å². The molecule has 0 aliphatic rings. The number of nitrogens with zero attached hydrogens (tertiary/aromatic N) is 1. The maximum atomic E-state index is 5.58. The van der Waals surface area contributed by atoms with Gasteiger partial charge in [-0.05, 0) is 33.5 Å². The number of hydrogen-bond donors (Lipinski definition) is 1. The van der Waals surface area contributed by atoms with Crippen molar-refractivity contribution in [2.45, 2.75) is 19.8 Å². The summed E-state index contributed by atoms with van der Waals surface area (Å²) in [7, 11) is 0. The molecular weight excluding hydrogens is 204 g/mol. The Morgan fingerprint density at radius 3 is 2.64 bits per heavy atom. The largest absolute Gasteiger partial charge is 0.397 e. The lowest BCUT2D eigenvalue weighted by atomic mass is 10.1. The Hall–Kier alpha value is -0.570. The fourth-order valence-corrected chi connectivity index (χ4v) is 1.56. The Kier molecular flexibility index (Phi) is 2.49. The standard InChI is InChI=1S/C8H11BrN2/c1-5(2)7-3-6(10)4-11-8(7)9/h3-5H,10H2,1-2H3. The topological polar surface area (TPSA) is 38.9 Å². The molecule has 0 saturated heterocycles. The molecule has 0 aromatic carbocycles. The number of anilines is 1. The summed E-state index contributed by atoms with van der Waals surface area (Å²) in [5.41, 5.74) is 7.46. The molecule has 1 aromatic heterocycles. The molecule has 1 heterocycles. The summed E-state index contributed by atoms with van der Waals surface area (Å²) in [6, 6.07) is 1.95. The van der Waals surface area contributed by atoms with Crippen LogP contribution in [-0.2, 0) is 0 Å². The number of nitrogen functional groups attached to an aromatic ring is 1. The van der Waals surface area contributed by atoms with Crippen LogP contribution in [-0.4, -0.2) is 4.98 Å². The van der Waals surface area contributed by atoms with E-state index in [0.717, 1.165) is 15.9 Å². The van der Waals surface area contributed by atoms with Crippen LogP contribution in [0.2, 0.25) is 0 Å².